The first kappa shape index (κ1) is 19.0. The molecule has 148 valence electrons. The number of benzene rings is 2. The fourth-order valence-corrected chi connectivity index (χ4v) is 3.32. The van der Waals surface area contributed by atoms with Gasteiger partial charge in [0.25, 0.3) is 0 Å². The Morgan fingerprint density at radius 1 is 1.07 bits per heavy atom. The average molecular weight is 391 g/mol. The van der Waals surface area contributed by atoms with Crippen LogP contribution in [0.2, 0.25) is 0 Å². The first-order valence-electron chi connectivity index (χ1n) is 9.41. The molecule has 0 spiro atoms. The Labute approximate surface area is 168 Å². The molecule has 0 radical (unpaired) electrons. The van der Waals surface area contributed by atoms with Crippen LogP contribution in [0.25, 0.3) is 28.2 Å². The molecular weight excluding hydrogens is 370 g/mol. The summed E-state index contributed by atoms with van der Waals surface area (Å²) >= 11 is 0. The van der Waals surface area contributed by atoms with E-state index in [-0.39, 0.29) is 5.43 Å². The zero-order valence-corrected chi connectivity index (χ0v) is 16.1. The molecule has 4 rings (SSSR count). The highest BCUT2D eigenvalue weighted by atomic mass is 16.5. The molecule has 0 saturated carbocycles. The molecule has 1 aliphatic heterocycles. The van der Waals surface area contributed by atoms with E-state index in [1.807, 2.05) is 41.3 Å². The van der Waals surface area contributed by atoms with E-state index in [1.165, 1.54) is 13.2 Å². The fourth-order valence-electron chi connectivity index (χ4n) is 3.32. The summed E-state index contributed by atoms with van der Waals surface area (Å²) in [7, 11) is 1.34. The molecule has 0 N–H and O–H groups in total. The van der Waals surface area contributed by atoms with E-state index in [9.17, 15) is 9.59 Å². The van der Waals surface area contributed by atoms with Crippen LogP contribution in [0.15, 0.2) is 63.8 Å². The summed E-state index contributed by atoms with van der Waals surface area (Å²) in [5, 5.41) is 0.549. The molecule has 6 nitrogen and oxygen atoms in total. The second kappa shape index (κ2) is 8.32. The van der Waals surface area contributed by atoms with Gasteiger partial charge in [-0.2, -0.15) is 0 Å². The van der Waals surface area contributed by atoms with E-state index >= 15 is 0 Å². The van der Waals surface area contributed by atoms with E-state index < -0.39 is 5.97 Å². The van der Waals surface area contributed by atoms with Crippen molar-refractivity contribution in [2.24, 2.45) is 0 Å². The molecule has 2 heterocycles. The van der Waals surface area contributed by atoms with E-state index in [1.54, 1.807) is 18.2 Å². The lowest BCUT2D eigenvalue weighted by Crippen LogP contribution is -2.36. The maximum absolute atomic E-state index is 12.6. The molecule has 2 aromatic carbocycles. The van der Waals surface area contributed by atoms with Crippen molar-refractivity contribution in [3.63, 3.8) is 0 Å². The molecular formula is C23H21NO5. The molecule has 0 amide bonds. The van der Waals surface area contributed by atoms with Crippen molar-refractivity contribution >= 4 is 28.9 Å². The predicted molar refractivity (Wildman–Crippen MR) is 112 cm³/mol. The van der Waals surface area contributed by atoms with Crippen LogP contribution in [-0.2, 0) is 14.3 Å². The number of carbonyl (C=O) groups excluding carboxylic acids is 1. The van der Waals surface area contributed by atoms with Gasteiger partial charge in [0.2, 0.25) is 0 Å². The van der Waals surface area contributed by atoms with Crippen molar-refractivity contribution in [3.8, 4) is 11.1 Å². The minimum Gasteiger partial charge on any atom is -0.466 e. The Balaban J connectivity index is 1.70. The lowest BCUT2D eigenvalue weighted by atomic mass is 10.0. The van der Waals surface area contributed by atoms with E-state index in [2.05, 4.69) is 4.74 Å². The summed E-state index contributed by atoms with van der Waals surface area (Å²) in [6, 6.07) is 14.9. The van der Waals surface area contributed by atoms with Crippen LogP contribution in [0.1, 0.15) is 5.56 Å². The number of ether oxygens (including phenoxy) is 2. The third-order valence-electron chi connectivity index (χ3n) is 4.87. The van der Waals surface area contributed by atoms with Gasteiger partial charge in [0.1, 0.15) is 5.58 Å². The number of morpholine rings is 1. The Morgan fingerprint density at radius 2 is 1.86 bits per heavy atom. The quantitative estimate of drug-likeness (QED) is 0.501. The number of anilines is 1. The third kappa shape index (κ3) is 4.22. The molecule has 0 atom stereocenters. The van der Waals surface area contributed by atoms with Crippen LogP contribution in [-0.4, -0.2) is 39.4 Å². The molecule has 0 bridgehead atoms. The smallest absolute Gasteiger partial charge is 0.330 e. The normalized spacial score (nSPS) is 14.4. The van der Waals surface area contributed by atoms with E-state index in [4.69, 9.17) is 9.15 Å². The van der Waals surface area contributed by atoms with Crippen LogP contribution < -0.4 is 10.3 Å². The minimum atomic E-state index is -0.404. The fraction of sp³-hybridized carbons (Fsp3) is 0.217. The number of carbonyl (C=O) groups is 1. The van der Waals surface area contributed by atoms with Crippen LogP contribution in [0.3, 0.4) is 0 Å². The summed E-state index contributed by atoms with van der Waals surface area (Å²) in [5.74, 6) is 0.163. The van der Waals surface area contributed by atoms with Crippen molar-refractivity contribution in [3.05, 3.63) is 70.4 Å². The SMILES string of the molecule is COC(=O)/C=C/c1cccc(-c2ccc3c(=O)cc(N4CCOCC4)oc3c2)c1. The van der Waals surface area contributed by atoms with Gasteiger partial charge >= 0.3 is 5.97 Å². The summed E-state index contributed by atoms with van der Waals surface area (Å²) in [6.07, 6.45) is 3.08. The van der Waals surface area contributed by atoms with Gasteiger partial charge in [-0.3, -0.25) is 4.79 Å². The van der Waals surface area contributed by atoms with E-state index in [0.717, 1.165) is 16.7 Å². The molecule has 6 heteroatoms. The molecule has 1 aromatic heterocycles. The zero-order chi connectivity index (χ0) is 20.2. The van der Waals surface area contributed by atoms with Gasteiger partial charge in [0.15, 0.2) is 11.3 Å². The van der Waals surface area contributed by atoms with Gasteiger partial charge in [-0.15, -0.1) is 0 Å². The van der Waals surface area contributed by atoms with Crippen LogP contribution in [0.4, 0.5) is 5.88 Å². The van der Waals surface area contributed by atoms with Gasteiger partial charge in [-0.1, -0.05) is 24.3 Å². The van der Waals surface area contributed by atoms with Gasteiger partial charge in [-0.25, -0.2) is 4.79 Å². The maximum Gasteiger partial charge on any atom is 0.330 e. The Kier molecular flexibility index (Phi) is 5.44. The molecule has 1 fully saturated rings. The second-order valence-corrected chi connectivity index (χ2v) is 6.74. The molecule has 3 aromatic rings. The van der Waals surface area contributed by atoms with Crippen molar-refractivity contribution in [1.29, 1.82) is 0 Å². The molecule has 1 saturated heterocycles. The average Bonchev–Trinajstić information content (AvgIpc) is 2.77. The number of methoxy groups -OCH3 is 1. The molecule has 29 heavy (non-hydrogen) atoms. The van der Waals surface area contributed by atoms with Crippen molar-refractivity contribution in [1.82, 2.24) is 0 Å². The Bertz CT molecular complexity index is 1130. The highest BCUT2D eigenvalue weighted by Crippen LogP contribution is 2.27. The molecule has 0 aliphatic carbocycles. The van der Waals surface area contributed by atoms with Gasteiger partial charge < -0.3 is 18.8 Å². The highest BCUT2D eigenvalue weighted by molar-refractivity contribution is 5.88. The highest BCUT2D eigenvalue weighted by Gasteiger charge is 2.15. The van der Waals surface area contributed by atoms with Crippen LogP contribution in [0.5, 0.6) is 0 Å². The number of hydrogen-bond donors (Lipinski definition) is 0. The minimum absolute atomic E-state index is 0.0611. The topological polar surface area (TPSA) is 69.0 Å². The number of rotatable bonds is 4. The standard InChI is InChI=1S/C23H21NO5/c1-27-23(26)8-5-16-3-2-4-17(13-16)18-6-7-19-20(25)15-22(29-21(19)14-18)24-9-11-28-12-10-24/h2-8,13-15H,9-12H2,1H3/b8-5+. The monoisotopic (exact) mass is 391 g/mol. The predicted octanol–water partition coefficient (Wildman–Crippen LogP) is 3.48. The number of nitrogens with zero attached hydrogens (tertiary/aromatic N) is 1. The first-order valence-corrected chi connectivity index (χ1v) is 9.41. The summed E-state index contributed by atoms with van der Waals surface area (Å²) in [6.45, 7) is 2.63. The largest absolute Gasteiger partial charge is 0.466 e. The Morgan fingerprint density at radius 3 is 2.66 bits per heavy atom. The Hall–Kier alpha value is -3.38. The van der Waals surface area contributed by atoms with Crippen LogP contribution >= 0.6 is 0 Å². The van der Waals surface area contributed by atoms with Crippen LogP contribution in [0, 0.1) is 0 Å². The number of fused-ring (bicyclic) bond motifs is 1. The number of hydrogen-bond acceptors (Lipinski definition) is 6. The second-order valence-electron chi connectivity index (χ2n) is 6.74. The third-order valence-corrected chi connectivity index (χ3v) is 4.87. The summed E-state index contributed by atoms with van der Waals surface area (Å²) < 4.78 is 16.1. The maximum atomic E-state index is 12.6. The van der Waals surface area contributed by atoms with Gasteiger partial charge in [0.05, 0.1) is 25.7 Å². The molecule has 1 aliphatic rings. The van der Waals surface area contributed by atoms with Crippen molar-refractivity contribution in [2.75, 3.05) is 38.3 Å². The van der Waals surface area contributed by atoms with Gasteiger partial charge in [-0.05, 0) is 41.0 Å². The van der Waals surface area contributed by atoms with Crippen molar-refractivity contribution in [2.45, 2.75) is 0 Å². The lowest BCUT2D eigenvalue weighted by Gasteiger charge is -2.27. The van der Waals surface area contributed by atoms with Gasteiger partial charge in [0, 0.05) is 25.2 Å². The molecule has 0 unspecified atom stereocenters. The zero-order valence-electron chi connectivity index (χ0n) is 16.1. The van der Waals surface area contributed by atoms with E-state index in [0.29, 0.717) is 43.2 Å². The van der Waals surface area contributed by atoms with Crippen molar-refractivity contribution < 1.29 is 18.7 Å². The lowest BCUT2D eigenvalue weighted by molar-refractivity contribution is -0.134. The summed E-state index contributed by atoms with van der Waals surface area (Å²) in [4.78, 5) is 25.9. The first-order chi connectivity index (χ1) is 14.1. The number of esters is 1. The summed E-state index contributed by atoms with van der Waals surface area (Å²) in [5.41, 5.74) is 3.24.